The average molecular weight is 297 g/mol. The second-order valence-electron chi connectivity index (χ2n) is 4.85. The lowest BCUT2D eigenvalue weighted by Gasteiger charge is -2.21. The lowest BCUT2D eigenvalue weighted by Crippen LogP contribution is -2.44. The van der Waals surface area contributed by atoms with E-state index in [2.05, 4.69) is 9.50 Å². The van der Waals surface area contributed by atoms with Gasteiger partial charge in [0.25, 0.3) is 10.1 Å². The number of nitrogens with one attached hydrogen (secondary N) is 1. The number of hydrogen-bond donors (Lipinski definition) is 2. The van der Waals surface area contributed by atoms with Gasteiger partial charge in [-0.05, 0) is 20.8 Å². The Morgan fingerprint density at radius 1 is 1.32 bits per heavy atom. The number of amides is 1. The van der Waals surface area contributed by atoms with Crippen LogP contribution in [0.15, 0.2) is 0 Å². The maximum absolute atomic E-state index is 11.4. The SMILES string of the molecule is CC(C)(C)OC(=O)NC(CCOS(C)(=O)=O)C(=O)O. The first kappa shape index (κ1) is 17.6. The second-order valence-corrected chi connectivity index (χ2v) is 6.50. The Hall–Kier alpha value is -1.35. The van der Waals surface area contributed by atoms with Gasteiger partial charge in [-0.25, -0.2) is 9.59 Å². The summed E-state index contributed by atoms with van der Waals surface area (Å²) >= 11 is 0. The van der Waals surface area contributed by atoms with Crippen molar-refractivity contribution in [3.63, 3.8) is 0 Å². The summed E-state index contributed by atoms with van der Waals surface area (Å²) in [6.45, 7) is 4.56. The van der Waals surface area contributed by atoms with E-state index >= 15 is 0 Å². The van der Waals surface area contributed by atoms with E-state index < -0.39 is 33.8 Å². The van der Waals surface area contributed by atoms with Gasteiger partial charge >= 0.3 is 12.1 Å². The van der Waals surface area contributed by atoms with Gasteiger partial charge in [0.1, 0.15) is 11.6 Å². The van der Waals surface area contributed by atoms with E-state index in [9.17, 15) is 18.0 Å². The Bertz CT molecular complexity index is 424. The zero-order chi connectivity index (χ0) is 15.3. The number of alkyl carbamates (subject to hydrolysis) is 1. The molecule has 1 atom stereocenters. The molecule has 0 radical (unpaired) electrons. The smallest absolute Gasteiger partial charge is 0.408 e. The summed E-state index contributed by atoms with van der Waals surface area (Å²) in [6, 6.07) is -1.28. The molecule has 112 valence electrons. The van der Waals surface area contributed by atoms with Crippen LogP contribution in [0.5, 0.6) is 0 Å². The number of hydrogen-bond acceptors (Lipinski definition) is 6. The maximum atomic E-state index is 11.4. The molecule has 1 unspecified atom stereocenters. The molecule has 0 aliphatic rings. The van der Waals surface area contributed by atoms with Crippen LogP contribution in [-0.4, -0.2) is 50.1 Å². The largest absolute Gasteiger partial charge is 0.480 e. The molecule has 0 aromatic carbocycles. The predicted octanol–water partition coefficient (Wildman–Crippen LogP) is 0.331. The van der Waals surface area contributed by atoms with Crippen LogP contribution >= 0.6 is 0 Å². The van der Waals surface area contributed by atoms with Crippen molar-refractivity contribution >= 4 is 22.2 Å². The Balaban J connectivity index is 4.35. The lowest BCUT2D eigenvalue weighted by molar-refractivity contribution is -0.139. The van der Waals surface area contributed by atoms with Crippen molar-refractivity contribution in [1.29, 1.82) is 0 Å². The van der Waals surface area contributed by atoms with Gasteiger partial charge in [0.2, 0.25) is 0 Å². The van der Waals surface area contributed by atoms with Gasteiger partial charge in [0.15, 0.2) is 0 Å². The molecule has 0 saturated carbocycles. The molecule has 0 rings (SSSR count). The highest BCUT2D eigenvalue weighted by atomic mass is 32.2. The number of ether oxygens (including phenoxy) is 1. The van der Waals surface area contributed by atoms with E-state index in [-0.39, 0.29) is 13.0 Å². The quantitative estimate of drug-likeness (QED) is 0.678. The van der Waals surface area contributed by atoms with Gasteiger partial charge in [0.05, 0.1) is 12.9 Å². The fraction of sp³-hybridized carbons (Fsp3) is 0.800. The highest BCUT2D eigenvalue weighted by molar-refractivity contribution is 7.85. The third-order valence-corrected chi connectivity index (χ3v) is 2.29. The van der Waals surface area contributed by atoms with Crippen LogP contribution in [0.2, 0.25) is 0 Å². The maximum Gasteiger partial charge on any atom is 0.408 e. The van der Waals surface area contributed by atoms with Gasteiger partial charge in [0, 0.05) is 6.42 Å². The van der Waals surface area contributed by atoms with E-state index in [1.165, 1.54) is 0 Å². The van der Waals surface area contributed by atoms with Crippen LogP contribution in [0.1, 0.15) is 27.2 Å². The molecule has 0 aliphatic heterocycles. The number of carboxylic acids is 1. The molecule has 9 heteroatoms. The molecule has 8 nitrogen and oxygen atoms in total. The molecule has 0 saturated heterocycles. The van der Waals surface area contributed by atoms with Gasteiger partial charge in [-0.1, -0.05) is 0 Å². The molecule has 2 N–H and O–H groups in total. The normalized spacial score (nSPS) is 13.7. The first-order valence-electron chi connectivity index (χ1n) is 5.47. The lowest BCUT2D eigenvalue weighted by atomic mass is 10.2. The molecule has 0 fully saturated rings. The van der Waals surface area contributed by atoms with Gasteiger partial charge in [-0.2, -0.15) is 8.42 Å². The van der Waals surface area contributed by atoms with Crippen LogP contribution < -0.4 is 5.32 Å². The predicted molar refractivity (Wildman–Crippen MR) is 66.2 cm³/mol. The number of carboxylic acid groups (broad SMARTS) is 1. The van der Waals surface area contributed by atoms with Gasteiger partial charge in [-0.3, -0.25) is 4.18 Å². The van der Waals surface area contributed by atoms with Crippen molar-refractivity contribution in [2.24, 2.45) is 0 Å². The zero-order valence-corrected chi connectivity index (χ0v) is 12.1. The second kappa shape index (κ2) is 6.71. The highest BCUT2D eigenvalue weighted by Gasteiger charge is 2.24. The molecule has 0 aromatic rings. The minimum atomic E-state index is -3.64. The Kier molecular flexibility index (Phi) is 6.23. The van der Waals surface area contributed by atoms with E-state index in [0.717, 1.165) is 6.26 Å². The first-order valence-corrected chi connectivity index (χ1v) is 7.29. The van der Waals surface area contributed by atoms with E-state index in [1.54, 1.807) is 20.8 Å². The number of rotatable bonds is 6. The summed E-state index contributed by atoms with van der Waals surface area (Å²) in [5, 5.41) is 11.0. The summed E-state index contributed by atoms with van der Waals surface area (Å²) in [7, 11) is -3.64. The molecule has 0 aliphatic carbocycles. The first-order chi connectivity index (χ1) is 8.41. The van der Waals surface area contributed by atoms with Crippen molar-refractivity contribution in [2.45, 2.75) is 38.8 Å². The molecule has 19 heavy (non-hydrogen) atoms. The Morgan fingerprint density at radius 3 is 2.21 bits per heavy atom. The monoisotopic (exact) mass is 297 g/mol. The fourth-order valence-electron chi connectivity index (χ4n) is 1.02. The molecule has 1 amide bonds. The van der Waals surface area contributed by atoms with Crippen LogP contribution in [-0.2, 0) is 23.8 Å². The van der Waals surface area contributed by atoms with Gasteiger partial charge < -0.3 is 15.2 Å². The molecule has 0 aromatic heterocycles. The van der Waals surface area contributed by atoms with Crippen molar-refractivity contribution in [3.05, 3.63) is 0 Å². The van der Waals surface area contributed by atoms with E-state index in [0.29, 0.717) is 0 Å². The Morgan fingerprint density at radius 2 is 1.84 bits per heavy atom. The van der Waals surface area contributed by atoms with Crippen LogP contribution in [0.4, 0.5) is 4.79 Å². The molecule has 0 spiro atoms. The summed E-state index contributed by atoms with van der Waals surface area (Å²) < 4.78 is 30.7. The Labute approximate surface area is 112 Å². The third-order valence-electron chi connectivity index (χ3n) is 1.69. The topological polar surface area (TPSA) is 119 Å². The van der Waals surface area contributed by atoms with Crippen molar-refractivity contribution < 1.29 is 32.0 Å². The summed E-state index contributed by atoms with van der Waals surface area (Å²) in [6.07, 6.45) is -0.231. The van der Waals surface area contributed by atoms with E-state index in [1.807, 2.05) is 0 Å². The summed E-state index contributed by atoms with van der Waals surface area (Å²) in [5.74, 6) is -1.30. The average Bonchev–Trinajstić information content (AvgIpc) is 2.10. The molecular formula is C10H19NO7S. The fourth-order valence-corrected chi connectivity index (χ4v) is 1.42. The summed E-state index contributed by atoms with van der Waals surface area (Å²) in [5.41, 5.74) is -0.754. The minimum absolute atomic E-state index is 0.193. The molecule has 0 bridgehead atoms. The number of aliphatic carboxylic acids is 1. The summed E-state index contributed by atoms with van der Waals surface area (Å²) in [4.78, 5) is 22.3. The van der Waals surface area contributed by atoms with Crippen molar-refractivity contribution in [3.8, 4) is 0 Å². The minimum Gasteiger partial charge on any atom is -0.480 e. The van der Waals surface area contributed by atoms with Crippen LogP contribution in [0.25, 0.3) is 0 Å². The number of carbonyl (C=O) groups excluding carboxylic acids is 1. The van der Waals surface area contributed by atoms with Crippen molar-refractivity contribution in [2.75, 3.05) is 12.9 Å². The highest BCUT2D eigenvalue weighted by Crippen LogP contribution is 2.07. The molecule has 0 heterocycles. The third kappa shape index (κ3) is 10.3. The standard InChI is InChI=1S/C10H19NO7S/c1-10(2,3)18-9(14)11-7(8(12)13)5-6-17-19(4,15)16/h7H,5-6H2,1-4H3,(H,11,14)(H,12,13). The molecular weight excluding hydrogens is 278 g/mol. The van der Waals surface area contributed by atoms with Crippen LogP contribution in [0.3, 0.4) is 0 Å². The number of carbonyl (C=O) groups is 2. The van der Waals surface area contributed by atoms with Gasteiger partial charge in [-0.15, -0.1) is 0 Å². The van der Waals surface area contributed by atoms with E-state index in [4.69, 9.17) is 9.84 Å². The van der Waals surface area contributed by atoms with Crippen LogP contribution in [0, 0.1) is 0 Å². The zero-order valence-electron chi connectivity index (χ0n) is 11.3. The van der Waals surface area contributed by atoms with Crippen molar-refractivity contribution in [1.82, 2.24) is 5.32 Å².